The van der Waals surface area contributed by atoms with Crippen molar-refractivity contribution in [1.29, 1.82) is 0 Å². The second kappa shape index (κ2) is 2.89. The normalized spacial score (nSPS) is 28.1. The molecule has 0 spiro atoms. The summed E-state index contributed by atoms with van der Waals surface area (Å²) in [5, 5.41) is 8.64. The van der Waals surface area contributed by atoms with E-state index < -0.39 is 0 Å². The van der Waals surface area contributed by atoms with Gasteiger partial charge in [-0.1, -0.05) is 25.9 Å². The van der Waals surface area contributed by atoms with Gasteiger partial charge < -0.3 is 0 Å². The average Bonchev–Trinajstić information content (AvgIpc) is 2.29. The zero-order chi connectivity index (χ0) is 11.2. The summed E-state index contributed by atoms with van der Waals surface area (Å²) >= 11 is 0. The maximum absolute atomic E-state index is 4.36. The molecule has 14 heavy (non-hydrogen) atoms. The molecule has 0 bridgehead atoms. The van der Waals surface area contributed by atoms with Gasteiger partial charge in [-0.3, -0.25) is 0 Å². The number of hydrogen-bond donors (Lipinski definition) is 0. The predicted molar refractivity (Wildman–Crippen MR) is 58.3 cm³/mol. The van der Waals surface area contributed by atoms with Gasteiger partial charge in [0, 0.05) is 10.6 Å². The van der Waals surface area contributed by atoms with Crippen LogP contribution in [0, 0.1) is 5.41 Å². The van der Waals surface area contributed by atoms with Crippen molar-refractivity contribution in [2.75, 3.05) is 7.05 Å². The molecule has 1 aliphatic heterocycles. The fourth-order valence-electron chi connectivity index (χ4n) is 1.10. The predicted octanol–water partition coefficient (Wildman–Crippen LogP) is 3.50. The Bertz CT molecular complexity index is 289. The molecule has 0 fully saturated rings. The van der Waals surface area contributed by atoms with E-state index in [1.807, 2.05) is 0 Å². The van der Waals surface area contributed by atoms with E-state index in [1.165, 1.54) is 0 Å². The lowest BCUT2D eigenvalue weighted by molar-refractivity contribution is -0.914. The van der Waals surface area contributed by atoms with Crippen molar-refractivity contribution in [3.8, 4) is 0 Å². The molecule has 0 N–H and O–H groups in total. The molecule has 80 valence electrons. The minimum Gasteiger partial charge on any atom is -0.149 e. The second-order valence-corrected chi connectivity index (χ2v) is 6.15. The largest absolute Gasteiger partial charge is 0.149 e. The van der Waals surface area contributed by atoms with Gasteiger partial charge in [0.1, 0.15) is 17.4 Å². The highest BCUT2D eigenvalue weighted by Crippen LogP contribution is 2.37. The summed E-state index contributed by atoms with van der Waals surface area (Å²) in [5.41, 5.74) is 1.23. The number of nitrogens with zero attached hydrogens (tertiary/aromatic N) is 3. The monoisotopic (exact) mass is 196 g/mol. The zero-order valence-electron chi connectivity index (χ0n) is 10.4. The molecule has 3 heteroatoms. The third-order valence-corrected chi connectivity index (χ3v) is 2.84. The van der Waals surface area contributed by atoms with Crippen molar-refractivity contribution in [2.24, 2.45) is 15.8 Å². The number of rotatable bonds is 0. The standard InChI is InChI=1S/C11H22N3/c1-10(2,3)9-8-14(7,13-12-9)11(4,5)6/h8H,1-7H3/q+1. The average molecular weight is 196 g/mol. The Morgan fingerprint density at radius 2 is 1.57 bits per heavy atom. The molecule has 0 aromatic carbocycles. The first-order valence-electron chi connectivity index (χ1n) is 5.09. The molecule has 1 atom stereocenters. The highest BCUT2D eigenvalue weighted by atomic mass is 15.7. The highest BCUT2D eigenvalue weighted by molar-refractivity contribution is 5.07. The Hall–Kier alpha value is -0.700. The third-order valence-electron chi connectivity index (χ3n) is 2.84. The van der Waals surface area contributed by atoms with Crippen LogP contribution in [0.25, 0.3) is 0 Å². The van der Waals surface area contributed by atoms with Gasteiger partial charge in [-0.05, 0) is 20.8 Å². The smallest absolute Gasteiger partial charge is 0.148 e. The summed E-state index contributed by atoms with van der Waals surface area (Å²) in [5.74, 6) is 0. The molecular weight excluding hydrogens is 174 g/mol. The molecule has 1 heterocycles. The van der Waals surface area contributed by atoms with Crippen molar-refractivity contribution in [3.05, 3.63) is 11.9 Å². The molecule has 1 unspecified atom stereocenters. The van der Waals surface area contributed by atoms with Crippen molar-refractivity contribution in [1.82, 2.24) is 0 Å². The van der Waals surface area contributed by atoms with Crippen LogP contribution in [0.4, 0.5) is 0 Å². The van der Waals surface area contributed by atoms with Crippen molar-refractivity contribution in [2.45, 2.75) is 47.1 Å². The number of hydrogen-bond acceptors (Lipinski definition) is 2. The molecule has 3 nitrogen and oxygen atoms in total. The van der Waals surface area contributed by atoms with E-state index in [2.05, 4.69) is 65.1 Å². The summed E-state index contributed by atoms with van der Waals surface area (Å²) in [6, 6.07) is 0. The summed E-state index contributed by atoms with van der Waals surface area (Å²) in [4.78, 5) is 0. The Kier molecular flexibility index (Phi) is 2.35. The van der Waals surface area contributed by atoms with Gasteiger partial charge in [-0.25, -0.2) is 0 Å². The summed E-state index contributed by atoms with van der Waals surface area (Å²) in [6.07, 6.45) is 2.15. The highest BCUT2D eigenvalue weighted by Gasteiger charge is 2.41. The number of quaternary nitrogens is 1. The van der Waals surface area contributed by atoms with Crippen LogP contribution in [0.3, 0.4) is 0 Å². The summed E-state index contributed by atoms with van der Waals surface area (Å²) in [6.45, 7) is 13.0. The topological polar surface area (TPSA) is 24.7 Å². The van der Waals surface area contributed by atoms with Gasteiger partial charge >= 0.3 is 0 Å². The second-order valence-electron chi connectivity index (χ2n) is 6.15. The Morgan fingerprint density at radius 3 is 1.79 bits per heavy atom. The molecule has 0 aromatic heterocycles. The van der Waals surface area contributed by atoms with Gasteiger partial charge in [0.15, 0.2) is 0 Å². The molecule has 1 aliphatic rings. The SMILES string of the molecule is CC(C)(C)C1=C[N+](C)(C(C)(C)C)N=N1. The lowest BCUT2D eigenvalue weighted by Gasteiger charge is -2.32. The minimum absolute atomic E-state index is 0.0660. The van der Waals surface area contributed by atoms with Crippen LogP contribution in [-0.2, 0) is 0 Å². The van der Waals surface area contributed by atoms with Crippen LogP contribution in [0.2, 0.25) is 0 Å². The van der Waals surface area contributed by atoms with Crippen LogP contribution in [-0.4, -0.2) is 17.2 Å². The van der Waals surface area contributed by atoms with E-state index in [9.17, 15) is 0 Å². The van der Waals surface area contributed by atoms with Crippen molar-refractivity contribution < 1.29 is 4.59 Å². The molecular formula is C11H22N3+. The van der Waals surface area contributed by atoms with Crippen LogP contribution in [0.15, 0.2) is 22.2 Å². The third kappa shape index (κ3) is 1.87. The van der Waals surface area contributed by atoms with Crippen LogP contribution >= 0.6 is 0 Å². The molecule has 0 amide bonds. The Morgan fingerprint density at radius 1 is 1.07 bits per heavy atom. The van der Waals surface area contributed by atoms with E-state index in [4.69, 9.17) is 0 Å². The van der Waals surface area contributed by atoms with E-state index in [0.29, 0.717) is 4.59 Å². The first kappa shape index (κ1) is 11.4. The van der Waals surface area contributed by atoms with Crippen LogP contribution < -0.4 is 0 Å². The minimum atomic E-state index is 0.0660. The van der Waals surface area contributed by atoms with Crippen molar-refractivity contribution in [3.63, 3.8) is 0 Å². The van der Waals surface area contributed by atoms with Gasteiger partial charge in [0.05, 0.1) is 7.05 Å². The molecule has 1 rings (SSSR count). The van der Waals surface area contributed by atoms with E-state index >= 15 is 0 Å². The lowest BCUT2D eigenvalue weighted by atomic mass is 9.92. The maximum Gasteiger partial charge on any atom is 0.148 e. The van der Waals surface area contributed by atoms with Crippen LogP contribution in [0.1, 0.15) is 41.5 Å². The van der Waals surface area contributed by atoms with Crippen LogP contribution in [0.5, 0.6) is 0 Å². The van der Waals surface area contributed by atoms with E-state index in [1.54, 1.807) is 0 Å². The first-order chi connectivity index (χ1) is 6.06. The maximum atomic E-state index is 4.36. The number of allylic oxidation sites excluding steroid dienone is 1. The molecule has 0 aromatic rings. The van der Waals surface area contributed by atoms with E-state index in [-0.39, 0.29) is 11.0 Å². The van der Waals surface area contributed by atoms with Crippen molar-refractivity contribution >= 4 is 0 Å². The molecule has 0 radical (unpaired) electrons. The lowest BCUT2D eigenvalue weighted by Crippen LogP contribution is -2.47. The van der Waals surface area contributed by atoms with Gasteiger partial charge in [-0.2, -0.15) is 0 Å². The van der Waals surface area contributed by atoms with Gasteiger partial charge in [0.2, 0.25) is 0 Å². The molecule has 0 saturated heterocycles. The fraction of sp³-hybridized carbons (Fsp3) is 0.818. The summed E-state index contributed by atoms with van der Waals surface area (Å²) in [7, 11) is 2.09. The summed E-state index contributed by atoms with van der Waals surface area (Å²) < 4.78 is 0.541. The van der Waals surface area contributed by atoms with Gasteiger partial charge in [-0.15, -0.1) is 4.59 Å². The zero-order valence-corrected chi connectivity index (χ0v) is 10.4. The van der Waals surface area contributed by atoms with E-state index in [0.717, 1.165) is 5.70 Å². The Labute approximate surface area is 87.1 Å². The Balaban J connectivity index is 3.04. The molecule has 0 aliphatic carbocycles. The fourth-order valence-corrected chi connectivity index (χ4v) is 1.10. The van der Waals surface area contributed by atoms with Gasteiger partial charge in [0.25, 0.3) is 0 Å². The molecule has 0 saturated carbocycles. The quantitative estimate of drug-likeness (QED) is 0.530. The first-order valence-corrected chi connectivity index (χ1v) is 5.09.